The van der Waals surface area contributed by atoms with Crippen LogP contribution in [0.15, 0.2) is 47.4 Å². The Morgan fingerprint density at radius 2 is 1.76 bits per heavy atom. The van der Waals surface area contributed by atoms with Crippen LogP contribution in [0, 0.1) is 11.8 Å². The van der Waals surface area contributed by atoms with Crippen molar-refractivity contribution in [3.05, 3.63) is 42.5 Å². The van der Waals surface area contributed by atoms with E-state index in [0.717, 1.165) is 23.6 Å². The molecule has 0 radical (unpaired) electrons. The minimum absolute atomic E-state index is 0.00626. The fourth-order valence-electron chi connectivity index (χ4n) is 5.10. The first kappa shape index (κ1) is 24.2. The first-order valence-electron chi connectivity index (χ1n) is 11.6. The molecule has 0 unspecified atom stereocenters. The number of nitrogens with one attached hydrogen (secondary N) is 1. The van der Waals surface area contributed by atoms with Gasteiger partial charge in [-0.3, -0.25) is 9.10 Å². The highest BCUT2D eigenvalue weighted by atomic mass is 32.2. The maximum absolute atomic E-state index is 13.7. The fraction of sp³-hybridized carbons (Fsp3) is 0.480. The maximum Gasteiger partial charge on any atom is 0.264 e. The molecule has 8 nitrogen and oxygen atoms in total. The van der Waals surface area contributed by atoms with Gasteiger partial charge in [0.15, 0.2) is 11.5 Å². The number of amides is 1. The normalized spacial score (nSPS) is 21.2. The molecule has 0 heterocycles. The Hall–Kier alpha value is -2.94. The van der Waals surface area contributed by atoms with Gasteiger partial charge in [-0.25, -0.2) is 8.42 Å². The number of anilines is 1. The van der Waals surface area contributed by atoms with Gasteiger partial charge in [0.1, 0.15) is 12.3 Å². The van der Waals surface area contributed by atoms with Gasteiger partial charge in [0.05, 0.1) is 31.4 Å². The number of rotatable bonds is 10. The lowest BCUT2D eigenvalue weighted by atomic mass is 9.95. The van der Waals surface area contributed by atoms with Gasteiger partial charge in [0, 0.05) is 12.1 Å². The molecule has 1 amide bonds. The molecule has 0 aromatic heterocycles. The largest absolute Gasteiger partial charge is 0.494 e. The van der Waals surface area contributed by atoms with Crippen molar-refractivity contribution in [2.75, 3.05) is 31.7 Å². The van der Waals surface area contributed by atoms with Crippen molar-refractivity contribution in [2.45, 2.75) is 43.5 Å². The molecule has 0 aliphatic heterocycles. The van der Waals surface area contributed by atoms with Crippen molar-refractivity contribution in [3.63, 3.8) is 0 Å². The van der Waals surface area contributed by atoms with Crippen LogP contribution in [0.1, 0.15) is 32.6 Å². The maximum atomic E-state index is 13.7. The second-order valence-electron chi connectivity index (χ2n) is 8.80. The molecule has 1 N–H and O–H groups in total. The topological polar surface area (TPSA) is 94.2 Å². The van der Waals surface area contributed by atoms with Crippen LogP contribution in [-0.4, -0.2) is 47.7 Å². The number of methoxy groups -OCH3 is 2. The van der Waals surface area contributed by atoms with Gasteiger partial charge in [0.2, 0.25) is 5.91 Å². The van der Waals surface area contributed by atoms with E-state index in [1.54, 1.807) is 24.3 Å². The molecule has 4 rings (SSSR count). The molecule has 2 aliphatic rings. The number of carbonyl (C=O) groups is 1. The second-order valence-corrected chi connectivity index (χ2v) is 10.7. The first-order valence-corrected chi connectivity index (χ1v) is 13.1. The van der Waals surface area contributed by atoms with E-state index < -0.39 is 10.0 Å². The number of hydrogen-bond acceptors (Lipinski definition) is 6. The van der Waals surface area contributed by atoms with Gasteiger partial charge in [-0.2, -0.15) is 0 Å². The van der Waals surface area contributed by atoms with Crippen LogP contribution in [0.25, 0.3) is 0 Å². The van der Waals surface area contributed by atoms with E-state index in [1.807, 2.05) is 6.92 Å². The van der Waals surface area contributed by atoms with Gasteiger partial charge in [-0.05, 0) is 74.4 Å². The molecule has 9 heteroatoms. The van der Waals surface area contributed by atoms with E-state index in [9.17, 15) is 13.2 Å². The average molecular weight is 489 g/mol. The van der Waals surface area contributed by atoms with E-state index in [2.05, 4.69) is 5.32 Å². The SMILES string of the molecule is CCOc1ccc(N(CC(=O)N[C@H]2C[C@H]3CC[C@H]2C3)S(=O)(=O)c2ccc(OC)c(OC)c2)cc1. The minimum atomic E-state index is -4.08. The monoisotopic (exact) mass is 488 g/mol. The summed E-state index contributed by atoms with van der Waals surface area (Å²) in [5, 5.41) is 3.09. The highest BCUT2D eigenvalue weighted by molar-refractivity contribution is 7.92. The van der Waals surface area contributed by atoms with Gasteiger partial charge < -0.3 is 19.5 Å². The summed E-state index contributed by atoms with van der Waals surface area (Å²) in [5.74, 6) is 2.20. The van der Waals surface area contributed by atoms with Crippen LogP contribution in [0.2, 0.25) is 0 Å². The van der Waals surface area contributed by atoms with Gasteiger partial charge in [0.25, 0.3) is 10.0 Å². The molecule has 2 fully saturated rings. The van der Waals surface area contributed by atoms with Crippen LogP contribution >= 0.6 is 0 Å². The quantitative estimate of drug-likeness (QED) is 0.549. The first-order chi connectivity index (χ1) is 16.3. The Labute approximate surface area is 201 Å². The third kappa shape index (κ3) is 4.94. The molecule has 2 aromatic rings. The summed E-state index contributed by atoms with van der Waals surface area (Å²) in [6, 6.07) is 11.2. The fourth-order valence-corrected chi connectivity index (χ4v) is 6.54. The molecular weight excluding hydrogens is 456 g/mol. The number of carbonyl (C=O) groups excluding carboxylic acids is 1. The number of ether oxygens (including phenoxy) is 3. The number of benzene rings is 2. The van der Waals surface area contributed by atoms with Crippen LogP contribution < -0.4 is 23.8 Å². The van der Waals surface area contributed by atoms with E-state index in [-0.39, 0.29) is 23.4 Å². The molecule has 2 saturated carbocycles. The van der Waals surface area contributed by atoms with Crippen LogP contribution in [0.4, 0.5) is 5.69 Å². The lowest BCUT2D eigenvalue weighted by molar-refractivity contribution is -0.120. The summed E-state index contributed by atoms with van der Waals surface area (Å²) in [7, 11) is -1.15. The molecule has 34 heavy (non-hydrogen) atoms. The molecule has 2 aliphatic carbocycles. The van der Waals surface area contributed by atoms with Crippen molar-refractivity contribution in [3.8, 4) is 17.2 Å². The third-order valence-electron chi connectivity index (χ3n) is 6.75. The molecular formula is C25H32N2O6S. The van der Waals surface area contributed by atoms with Crippen LogP contribution in [0.5, 0.6) is 17.2 Å². The Bertz CT molecular complexity index is 1120. The molecule has 184 valence electrons. The average Bonchev–Trinajstić information content (AvgIpc) is 3.46. The smallest absolute Gasteiger partial charge is 0.264 e. The van der Waals surface area contributed by atoms with E-state index >= 15 is 0 Å². The summed E-state index contributed by atoms with van der Waals surface area (Å²) in [6.45, 7) is 2.05. The Morgan fingerprint density at radius 3 is 2.35 bits per heavy atom. The standard InChI is InChI=1S/C25H32N2O6S/c1-4-33-20-9-7-19(8-10-20)27(16-25(28)26-22-14-17-5-6-18(22)13-17)34(29,30)21-11-12-23(31-2)24(15-21)32-3/h7-12,15,17-18,22H,4-6,13-14,16H2,1-3H3,(H,26,28)/t17-,18-,22-/m0/s1. The number of hydrogen-bond donors (Lipinski definition) is 1. The molecule has 0 spiro atoms. The van der Waals surface area contributed by atoms with Gasteiger partial charge >= 0.3 is 0 Å². The van der Waals surface area contributed by atoms with Crippen molar-refractivity contribution >= 4 is 21.6 Å². The molecule has 2 aromatic carbocycles. The minimum Gasteiger partial charge on any atom is -0.494 e. The number of fused-ring (bicyclic) bond motifs is 2. The Morgan fingerprint density at radius 1 is 1.03 bits per heavy atom. The predicted molar refractivity (Wildman–Crippen MR) is 129 cm³/mol. The van der Waals surface area contributed by atoms with Gasteiger partial charge in [-0.15, -0.1) is 0 Å². The van der Waals surface area contributed by atoms with Crippen molar-refractivity contribution in [1.82, 2.24) is 5.32 Å². The summed E-state index contributed by atoms with van der Waals surface area (Å²) in [5.41, 5.74) is 0.376. The zero-order valence-corrected chi connectivity index (χ0v) is 20.6. The van der Waals surface area contributed by atoms with E-state index in [0.29, 0.717) is 41.4 Å². The molecule has 2 bridgehead atoms. The van der Waals surface area contributed by atoms with E-state index in [4.69, 9.17) is 14.2 Å². The third-order valence-corrected chi connectivity index (χ3v) is 8.52. The van der Waals surface area contributed by atoms with Crippen LogP contribution in [0.3, 0.4) is 0 Å². The zero-order valence-electron chi connectivity index (χ0n) is 19.8. The summed E-state index contributed by atoms with van der Waals surface area (Å²) >= 11 is 0. The van der Waals surface area contributed by atoms with Crippen LogP contribution in [-0.2, 0) is 14.8 Å². The summed E-state index contributed by atoms with van der Waals surface area (Å²) < 4.78 is 44.6. The lowest BCUT2D eigenvalue weighted by Gasteiger charge is -2.27. The predicted octanol–water partition coefficient (Wildman–Crippen LogP) is 3.60. The van der Waals surface area contributed by atoms with Crippen molar-refractivity contribution < 1.29 is 27.4 Å². The highest BCUT2D eigenvalue weighted by Crippen LogP contribution is 2.44. The zero-order chi connectivity index (χ0) is 24.3. The Balaban J connectivity index is 1.63. The van der Waals surface area contributed by atoms with Crippen molar-refractivity contribution in [1.29, 1.82) is 0 Å². The second kappa shape index (κ2) is 10.1. The van der Waals surface area contributed by atoms with Gasteiger partial charge in [-0.1, -0.05) is 6.42 Å². The Kier molecular flexibility index (Phi) is 7.21. The number of sulfonamides is 1. The lowest BCUT2D eigenvalue weighted by Crippen LogP contribution is -2.46. The summed E-state index contributed by atoms with van der Waals surface area (Å²) in [6.07, 6.45) is 4.48. The van der Waals surface area contributed by atoms with Crippen molar-refractivity contribution in [2.24, 2.45) is 11.8 Å². The van der Waals surface area contributed by atoms with E-state index in [1.165, 1.54) is 38.8 Å². The highest BCUT2D eigenvalue weighted by Gasteiger charge is 2.40. The summed E-state index contributed by atoms with van der Waals surface area (Å²) in [4.78, 5) is 13.0. The molecule has 0 saturated heterocycles. The molecule has 3 atom stereocenters. The number of nitrogens with zero attached hydrogens (tertiary/aromatic N) is 1.